The standard InChI is InChI=1S/C16H14ClFN6O3/c1-10-7-15(24(26)27)21-23(10)9-16(25)19-14-5-6-22(20-14)8-11-12(17)3-2-4-13(11)18/h2-7H,8-9H2,1H3,(H,19,20,25). The molecule has 0 spiro atoms. The average molecular weight is 393 g/mol. The molecule has 0 radical (unpaired) electrons. The minimum absolute atomic E-state index is 0.103. The lowest BCUT2D eigenvalue weighted by molar-refractivity contribution is -0.389. The fraction of sp³-hybridized carbons (Fsp3) is 0.188. The van der Waals surface area contributed by atoms with Crippen LogP contribution in [0.4, 0.5) is 16.0 Å². The molecule has 0 bridgehead atoms. The third-order valence-corrected chi connectivity index (χ3v) is 4.09. The van der Waals surface area contributed by atoms with E-state index in [9.17, 15) is 19.3 Å². The molecule has 0 saturated heterocycles. The van der Waals surface area contributed by atoms with E-state index in [2.05, 4.69) is 15.5 Å². The van der Waals surface area contributed by atoms with Gasteiger partial charge in [-0.15, -0.1) is 0 Å². The number of halogens is 2. The third kappa shape index (κ3) is 4.29. The number of amides is 1. The molecular formula is C16H14ClFN6O3. The lowest BCUT2D eigenvalue weighted by Gasteiger charge is -2.06. The Bertz CT molecular complexity index is 995. The van der Waals surface area contributed by atoms with Crippen LogP contribution < -0.4 is 5.32 Å². The van der Waals surface area contributed by atoms with Crippen molar-refractivity contribution in [2.75, 3.05) is 5.32 Å². The first-order chi connectivity index (χ1) is 12.8. The summed E-state index contributed by atoms with van der Waals surface area (Å²) in [6.07, 6.45) is 1.57. The van der Waals surface area contributed by atoms with Gasteiger partial charge in [0.2, 0.25) is 5.91 Å². The molecule has 0 unspecified atom stereocenters. The van der Waals surface area contributed by atoms with E-state index in [1.54, 1.807) is 25.3 Å². The van der Waals surface area contributed by atoms with Crippen molar-refractivity contribution < 1.29 is 14.1 Å². The van der Waals surface area contributed by atoms with Gasteiger partial charge in [0.1, 0.15) is 12.4 Å². The van der Waals surface area contributed by atoms with E-state index in [-0.39, 0.29) is 29.7 Å². The summed E-state index contributed by atoms with van der Waals surface area (Å²) in [5, 5.41) is 21.5. The molecule has 0 aliphatic carbocycles. The van der Waals surface area contributed by atoms with Gasteiger partial charge < -0.3 is 15.4 Å². The molecule has 2 heterocycles. The second kappa shape index (κ2) is 7.54. The molecule has 3 aromatic rings. The quantitative estimate of drug-likeness (QED) is 0.512. The minimum atomic E-state index is -0.628. The molecule has 3 rings (SSSR count). The van der Waals surface area contributed by atoms with Gasteiger partial charge >= 0.3 is 5.82 Å². The van der Waals surface area contributed by atoms with Crippen LogP contribution in [0.2, 0.25) is 5.02 Å². The number of hydrogen-bond acceptors (Lipinski definition) is 5. The number of aryl methyl sites for hydroxylation is 1. The Morgan fingerprint density at radius 2 is 2.15 bits per heavy atom. The maximum absolute atomic E-state index is 13.8. The zero-order valence-corrected chi connectivity index (χ0v) is 14.9. The van der Waals surface area contributed by atoms with E-state index in [1.807, 2.05) is 0 Å². The second-order valence-corrected chi connectivity index (χ2v) is 6.11. The summed E-state index contributed by atoms with van der Waals surface area (Å²) >= 11 is 5.99. The number of anilines is 1. The summed E-state index contributed by atoms with van der Waals surface area (Å²) in [7, 11) is 0. The predicted octanol–water partition coefficient (Wildman–Crippen LogP) is 2.78. The molecule has 27 heavy (non-hydrogen) atoms. The number of nitro groups is 1. The van der Waals surface area contributed by atoms with Gasteiger partial charge in [-0.1, -0.05) is 17.7 Å². The summed E-state index contributed by atoms with van der Waals surface area (Å²) in [5.41, 5.74) is 0.774. The van der Waals surface area contributed by atoms with Crippen LogP contribution >= 0.6 is 11.6 Å². The Balaban J connectivity index is 1.65. The van der Waals surface area contributed by atoms with Gasteiger partial charge in [-0.25, -0.2) is 4.39 Å². The van der Waals surface area contributed by atoms with Crippen LogP contribution in [0.5, 0.6) is 0 Å². The first-order valence-corrected chi connectivity index (χ1v) is 8.16. The Morgan fingerprint density at radius 3 is 2.81 bits per heavy atom. The summed E-state index contributed by atoms with van der Waals surface area (Å²) in [5.74, 6) is -0.970. The molecule has 0 atom stereocenters. The van der Waals surface area contributed by atoms with Crippen molar-refractivity contribution in [3.8, 4) is 0 Å². The number of benzene rings is 1. The highest BCUT2D eigenvalue weighted by molar-refractivity contribution is 6.31. The molecule has 0 fully saturated rings. The average Bonchev–Trinajstić information content (AvgIpc) is 3.18. The Hall–Kier alpha value is -3.27. The van der Waals surface area contributed by atoms with Gasteiger partial charge in [-0.2, -0.15) is 9.78 Å². The number of nitrogens with zero attached hydrogens (tertiary/aromatic N) is 5. The van der Waals surface area contributed by atoms with Crippen molar-refractivity contribution in [3.05, 3.63) is 68.7 Å². The third-order valence-electron chi connectivity index (χ3n) is 3.74. The van der Waals surface area contributed by atoms with Crippen molar-refractivity contribution in [1.29, 1.82) is 0 Å². The summed E-state index contributed by atoms with van der Waals surface area (Å²) in [6.45, 7) is 1.51. The number of nitrogens with one attached hydrogen (secondary N) is 1. The van der Waals surface area contributed by atoms with Gasteiger partial charge in [0, 0.05) is 22.8 Å². The highest BCUT2D eigenvalue weighted by Gasteiger charge is 2.18. The highest BCUT2D eigenvalue weighted by atomic mass is 35.5. The predicted molar refractivity (Wildman–Crippen MR) is 95.0 cm³/mol. The highest BCUT2D eigenvalue weighted by Crippen LogP contribution is 2.20. The number of rotatable bonds is 6. The SMILES string of the molecule is Cc1cc([N+](=O)[O-])nn1CC(=O)Nc1ccn(Cc2c(F)cccc2Cl)n1. The van der Waals surface area contributed by atoms with E-state index < -0.39 is 16.6 Å². The largest absolute Gasteiger partial charge is 0.390 e. The van der Waals surface area contributed by atoms with Crippen molar-refractivity contribution in [1.82, 2.24) is 19.6 Å². The van der Waals surface area contributed by atoms with Crippen LogP contribution in [-0.4, -0.2) is 30.4 Å². The van der Waals surface area contributed by atoms with Gasteiger partial charge in [-0.3, -0.25) is 9.48 Å². The van der Waals surface area contributed by atoms with Crippen molar-refractivity contribution in [3.63, 3.8) is 0 Å². The lowest BCUT2D eigenvalue weighted by Crippen LogP contribution is -2.20. The van der Waals surface area contributed by atoms with Gasteiger partial charge in [0.25, 0.3) is 0 Å². The molecule has 0 aliphatic rings. The number of aromatic nitrogens is 4. The molecule has 140 valence electrons. The molecule has 11 heteroatoms. The fourth-order valence-electron chi connectivity index (χ4n) is 2.42. The van der Waals surface area contributed by atoms with Crippen molar-refractivity contribution >= 4 is 29.1 Å². The smallest absolute Gasteiger partial charge is 0.358 e. The molecule has 0 saturated carbocycles. The van der Waals surface area contributed by atoms with Gasteiger partial charge in [0.15, 0.2) is 5.82 Å². The Morgan fingerprint density at radius 1 is 1.37 bits per heavy atom. The summed E-state index contributed by atoms with van der Waals surface area (Å²) in [4.78, 5) is 22.2. The maximum Gasteiger partial charge on any atom is 0.390 e. The topological polar surface area (TPSA) is 108 Å². The van der Waals surface area contributed by atoms with Crippen LogP contribution in [0.3, 0.4) is 0 Å². The van der Waals surface area contributed by atoms with E-state index in [0.717, 1.165) is 0 Å². The fourth-order valence-corrected chi connectivity index (χ4v) is 2.64. The Labute approximate surface area is 157 Å². The van der Waals surface area contributed by atoms with Gasteiger partial charge in [-0.05, 0) is 24.0 Å². The molecule has 1 N–H and O–H groups in total. The lowest BCUT2D eigenvalue weighted by atomic mass is 10.2. The molecule has 9 nitrogen and oxygen atoms in total. The van der Waals surface area contributed by atoms with Crippen molar-refractivity contribution in [2.24, 2.45) is 0 Å². The second-order valence-electron chi connectivity index (χ2n) is 5.71. The molecular weight excluding hydrogens is 379 g/mol. The van der Waals surface area contributed by atoms with Crippen molar-refractivity contribution in [2.45, 2.75) is 20.0 Å². The minimum Gasteiger partial charge on any atom is -0.358 e. The normalized spacial score (nSPS) is 10.8. The van der Waals surface area contributed by atoms with Crippen LogP contribution in [-0.2, 0) is 17.9 Å². The molecule has 0 aliphatic heterocycles. The summed E-state index contributed by atoms with van der Waals surface area (Å²) < 4.78 is 16.5. The van der Waals surface area contributed by atoms with E-state index in [1.165, 1.54) is 27.6 Å². The van der Waals surface area contributed by atoms with Crippen LogP contribution in [0.25, 0.3) is 0 Å². The molecule has 2 aromatic heterocycles. The molecule has 1 amide bonds. The molecule has 1 aromatic carbocycles. The number of hydrogen-bond donors (Lipinski definition) is 1. The first kappa shape index (κ1) is 18.5. The van der Waals surface area contributed by atoms with E-state index >= 15 is 0 Å². The first-order valence-electron chi connectivity index (χ1n) is 7.78. The van der Waals surface area contributed by atoms with E-state index in [4.69, 9.17) is 11.6 Å². The van der Waals surface area contributed by atoms with Crippen LogP contribution in [0.15, 0.2) is 36.5 Å². The van der Waals surface area contributed by atoms with Gasteiger partial charge in [0.05, 0.1) is 23.4 Å². The Kier molecular flexibility index (Phi) is 5.17. The zero-order valence-electron chi connectivity index (χ0n) is 14.1. The summed E-state index contributed by atoms with van der Waals surface area (Å²) in [6, 6.07) is 7.22. The monoisotopic (exact) mass is 392 g/mol. The number of carbonyl (C=O) groups excluding carboxylic acids is 1. The van der Waals surface area contributed by atoms with E-state index in [0.29, 0.717) is 11.3 Å². The van der Waals surface area contributed by atoms with Crippen LogP contribution in [0.1, 0.15) is 11.3 Å². The van der Waals surface area contributed by atoms with Crippen LogP contribution in [0, 0.1) is 22.9 Å². The maximum atomic E-state index is 13.8. The zero-order chi connectivity index (χ0) is 19.6. The number of carbonyl (C=O) groups is 1.